The van der Waals surface area contributed by atoms with Crippen LogP contribution in [0.5, 0.6) is 0 Å². The van der Waals surface area contributed by atoms with Crippen LogP contribution in [0.15, 0.2) is 24.3 Å². The Morgan fingerprint density at radius 1 is 1.39 bits per heavy atom. The first-order valence-electron chi connectivity index (χ1n) is 5.97. The largest absolute Gasteiger partial charge is 0.296 e. The van der Waals surface area contributed by atoms with Crippen molar-refractivity contribution in [3.63, 3.8) is 0 Å². The smallest absolute Gasteiger partial charge is 0.152 e. The van der Waals surface area contributed by atoms with Gasteiger partial charge < -0.3 is 0 Å². The van der Waals surface area contributed by atoms with Crippen LogP contribution in [0.2, 0.25) is 5.02 Å². The fraction of sp³-hybridized carbons (Fsp3) is 0.538. The van der Waals surface area contributed by atoms with Crippen molar-refractivity contribution in [2.75, 3.05) is 18.6 Å². The minimum absolute atomic E-state index is 0.237. The van der Waals surface area contributed by atoms with E-state index in [4.69, 9.17) is 11.6 Å². The molecule has 0 radical (unpaired) electrons. The molecule has 0 saturated carbocycles. The third-order valence-corrected chi connectivity index (χ3v) is 6.03. The first-order chi connectivity index (χ1) is 8.32. The molecule has 18 heavy (non-hydrogen) atoms. The predicted octanol–water partition coefficient (Wildman–Crippen LogP) is 2.35. The van der Waals surface area contributed by atoms with E-state index in [1.54, 1.807) is 0 Å². The van der Waals surface area contributed by atoms with Crippen LogP contribution in [0, 0.1) is 0 Å². The lowest BCUT2D eigenvalue weighted by atomic mass is 9.99. The second-order valence-electron chi connectivity index (χ2n) is 5.29. The lowest BCUT2D eigenvalue weighted by Gasteiger charge is -2.34. The number of hydrogen-bond acceptors (Lipinski definition) is 3. The van der Waals surface area contributed by atoms with Crippen molar-refractivity contribution in [2.24, 2.45) is 0 Å². The molecule has 5 heteroatoms. The zero-order chi connectivity index (χ0) is 13.4. The van der Waals surface area contributed by atoms with Crippen LogP contribution in [0.25, 0.3) is 0 Å². The number of benzene rings is 1. The van der Waals surface area contributed by atoms with E-state index < -0.39 is 9.84 Å². The third kappa shape index (κ3) is 2.87. The molecular formula is C13H18ClNO2S. The first-order valence-corrected chi connectivity index (χ1v) is 8.17. The Bertz CT molecular complexity index is 544. The molecular weight excluding hydrogens is 270 g/mol. The van der Waals surface area contributed by atoms with E-state index in [1.807, 2.05) is 38.2 Å². The Kier molecular flexibility index (Phi) is 3.72. The number of hydrogen-bond donors (Lipinski definition) is 0. The molecule has 0 aromatic heterocycles. The highest BCUT2D eigenvalue weighted by atomic mass is 35.5. The number of nitrogens with zero attached hydrogens (tertiary/aromatic N) is 1. The van der Waals surface area contributed by atoms with Crippen molar-refractivity contribution in [1.82, 2.24) is 4.90 Å². The number of rotatable bonds is 3. The van der Waals surface area contributed by atoms with Crippen LogP contribution in [-0.4, -0.2) is 37.4 Å². The van der Waals surface area contributed by atoms with Crippen molar-refractivity contribution < 1.29 is 8.42 Å². The van der Waals surface area contributed by atoms with Gasteiger partial charge in [0.1, 0.15) is 0 Å². The molecule has 0 unspecified atom stereocenters. The van der Waals surface area contributed by atoms with Crippen molar-refractivity contribution in [2.45, 2.75) is 25.4 Å². The van der Waals surface area contributed by atoms with Gasteiger partial charge >= 0.3 is 0 Å². The van der Waals surface area contributed by atoms with E-state index in [0.717, 1.165) is 10.6 Å². The monoisotopic (exact) mass is 287 g/mol. The van der Waals surface area contributed by atoms with Gasteiger partial charge in [0.25, 0.3) is 0 Å². The lowest BCUT2D eigenvalue weighted by molar-refractivity contribution is 0.154. The summed E-state index contributed by atoms with van der Waals surface area (Å²) in [5.74, 6) is 0.525. The second kappa shape index (κ2) is 4.83. The first kappa shape index (κ1) is 13.8. The summed E-state index contributed by atoms with van der Waals surface area (Å²) in [6.45, 7) is 2.68. The molecule has 1 aliphatic rings. The van der Waals surface area contributed by atoms with Gasteiger partial charge in [0.05, 0.1) is 11.5 Å². The van der Waals surface area contributed by atoms with Gasteiger partial charge in [-0.2, -0.15) is 0 Å². The molecule has 1 aromatic rings. The van der Waals surface area contributed by atoms with Gasteiger partial charge in [0.15, 0.2) is 9.84 Å². The summed E-state index contributed by atoms with van der Waals surface area (Å²) in [6.07, 6.45) is 0.691. The molecule has 0 bridgehead atoms. The molecule has 0 spiro atoms. The van der Waals surface area contributed by atoms with Crippen LogP contribution in [-0.2, 0) is 16.4 Å². The highest BCUT2D eigenvalue weighted by Gasteiger charge is 2.41. The van der Waals surface area contributed by atoms with Gasteiger partial charge in [-0.3, -0.25) is 4.90 Å². The van der Waals surface area contributed by atoms with Crippen LogP contribution >= 0.6 is 11.6 Å². The summed E-state index contributed by atoms with van der Waals surface area (Å²) in [7, 11) is -0.914. The Hall–Kier alpha value is -0.580. The van der Waals surface area contributed by atoms with Crippen LogP contribution < -0.4 is 0 Å². The average molecular weight is 288 g/mol. The summed E-state index contributed by atoms with van der Waals surface area (Å²) in [6, 6.07) is 7.68. The minimum Gasteiger partial charge on any atom is -0.296 e. The van der Waals surface area contributed by atoms with Gasteiger partial charge in [0.2, 0.25) is 0 Å². The molecule has 1 atom stereocenters. The number of halogens is 1. The summed E-state index contributed by atoms with van der Waals surface area (Å²) < 4.78 is 23.2. The fourth-order valence-corrected chi connectivity index (χ4v) is 4.77. The molecule has 100 valence electrons. The van der Waals surface area contributed by atoms with Gasteiger partial charge in [-0.15, -0.1) is 0 Å². The fourth-order valence-electron chi connectivity index (χ4n) is 2.37. The average Bonchev–Trinajstić information content (AvgIpc) is 2.58. The van der Waals surface area contributed by atoms with Gasteiger partial charge in [-0.05, 0) is 32.0 Å². The Morgan fingerprint density at radius 2 is 2.06 bits per heavy atom. The molecule has 1 fully saturated rings. The topological polar surface area (TPSA) is 37.4 Å². The molecule has 0 N–H and O–H groups in total. The summed E-state index contributed by atoms with van der Waals surface area (Å²) in [4.78, 5) is 2.10. The van der Waals surface area contributed by atoms with E-state index in [0.29, 0.717) is 13.0 Å². The molecule has 3 nitrogen and oxygen atoms in total. The van der Waals surface area contributed by atoms with E-state index >= 15 is 0 Å². The quantitative estimate of drug-likeness (QED) is 0.856. The van der Waals surface area contributed by atoms with Crippen LogP contribution in [0.4, 0.5) is 0 Å². The van der Waals surface area contributed by atoms with E-state index in [-0.39, 0.29) is 17.0 Å². The van der Waals surface area contributed by atoms with E-state index in [1.165, 1.54) is 0 Å². The maximum absolute atomic E-state index is 11.6. The highest BCUT2D eigenvalue weighted by Crippen LogP contribution is 2.30. The SMILES string of the molecule is CN(Cc1ccccc1Cl)[C@@]1(C)CCS(=O)(=O)C1. The van der Waals surface area contributed by atoms with Crippen molar-refractivity contribution in [1.29, 1.82) is 0 Å². The normalized spacial score (nSPS) is 26.7. The molecule has 0 aliphatic carbocycles. The molecule has 2 rings (SSSR count). The van der Waals surface area contributed by atoms with Crippen LogP contribution in [0.1, 0.15) is 18.9 Å². The summed E-state index contributed by atoms with van der Waals surface area (Å²) >= 11 is 6.13. The van der Waals surface area contributed by atoms with E-state index in [2.05, 4.69) is 4.90 Å². The Balaban J connectivity index is 2.14. The van der Waals surface area contributed by atoms with Gasteiger partial charge in [-0.1, -0.05) is 29.8 Å². The maximum Gasteiger partial charge on any atom is 0.152 e. The molecule has 1 aliphatic heterocycles. The van der Waals surface area contributed by atoms with Crippen LogP contribution in [0.3, 0.4) is 0 Å². The predicted molar refractivity (Wildman–Crippen MR) is 74.6 cm³/mol. The zero-order valence-electron chi connectivity index (χ0n) is 10.7. The Morgan fingerprint density at radius 3 is 2.61 bits per heavy atom. The molecule has 1 saturated heterocycles. The Labute approximate surface area is 114 Å². The van der Waals surface area contributed by atoms with Gasteiger partial charge in [0, 0.05) is 17.1 Å². The molecule has 1 aromatic carbocycles. The highest BCUT2D eigenvalue weighted by molar-refractivity contribution is 7.91. The van der Waals surface area contributed by atoms with Gasteiger partial charge in [-0.25, -0.2) is 8.42 Å². The van der Waals surface area contributed by atoms with Crippen molar-refractivity contribution in [3.05, 3.63) is 34.9 Å². The maximum atomic E-state index is 11.6. The third-order valence-electron chi connectivity index (χ3n) is 3.77. The standard InChI is InChI=1S/C13H18ClNO2S/c1-13(7-8-18(16,17)10-13)15(2)9-11-5-3-4-6-12(11)14/h3-6H,7-10H2,1-2H3/t13-/m0/s1. The lowest BCUT2D eigenvalue weighted by Crippen LogP contribution is -2.44. The molecule has 0 amide bonds. The molecule has 1 heterocycles. The second-order valence-corrected chi connectivity index (χ2v) is 7.88. The zero-order valence-corrected chi connectivity index (χ0v) is 12.3. The van der Waals surface area contributed by atoms with E-state index in [9.17, 15) is 8.42 Å². The van der Waals surface area contributed by atoms with Crippen molar-refractivity contribution >= 4 is 21.4 Å². The number of sulfone groups is 1. The minimum atomic E-state index is -2.88. The van der Waals surface area contributed by atoms with Crippen molar-refractivity contribution in [3.8, 4) is 0 Å². The summed E-state index contributed by atoms with van der Waals surface area (Å²) in [5.41, 5.74) is 0.755. The summed E-state index contributed by atoms with van der Waals surface area (Å²) in [5, 5.41) is 0.730.